The Morgan fingerprint density at radius 1 is 1.24 bits per heavy atom. The second-order valence-corrected chi connectivity index (χ2v) is 7.27. The maximum atomic E-state index is 12.1. The van der Waals surface area contributed by atoms with Crippen LogP contribution >= 0.6 is 15.9 Å². The molecule has 1 amide bonds. The number of nitrogens with zero attached hydrogens (tertiary/aromatic N) is 1. The molecule has 0 saturated heterocycles. The normalized spacial score (nSPS) is 10.9. The van der Waals surface area contributed by atoms with Gasteiger partial charge in [0.25, 0.3) is 0 Å². The number of amides is 1. The van der Waals surface area contributed by atoms with Crippen molar-refractivity contribution in [3.63, 3.8) is 0 Å². The number of nitrogens with one attached hydrogen (secondary N) is 3. The van der Waals surface area contributed by atoms with Crippen LogP contribution in [0.25, 0.3) is 0 Å². The summed E-state index contributed by atoms with van der Waals surface area (Å²) in [5, 5.41) is 14.0. The van der Waals surface area contributed by atoms with Gasteiger partial charge in [-0.25, -0.2) is 9.78 Å². The van der Waals surface area contributed by atoms with Gasteiger partial charge >= 0.3 is 6.09 Å². The third-order valence-electron chi connectivity index (χ3n) is 3.04. The molecular weight excluding hydrogens is 384 g/mol. The van der Waals surface area contributed by atoms with E-state index >= 15 is 0 Å². The Hall–Kier alpha value is -2.41. The summed E-state index contributed by atoms with van der Waals surface area (Å²) in [6.07, 6.45) is -0.584. The molecule has 0 aliphatic rings. The Morgan fingerprint density at radius 3 is 2.44 bits per heavy atom. The molecule has 0 aliphatic carbocycles. The molecule has 0 unspecified atom stereocenters. The van der Waals surface area contributed by atoms with Crippen LogP contribution in [0.2, 0.25) is 0 Å². The summed E-state index contributed by atoms with van der Waals surface area (Å²) in [7, 11) is 0. The predicted molar refractivity (Wildman–Crippen MR) is 104 cm³/mol. The summed E-state index contributed by atoms with van der Waals surface area (Å²) in [5.41, 5.74) is 1.43. The van der Waals surface area contributed by atoms with Crippen molar-refractivity contribution in [2.45, 2.75) is 33.3 Å². The van der Waals surface area contributed by atoms with Crippen LogP contribution in [0.3, 0.4) is 0 Å². The van der Waals surface area contributed by atoms with Crippen LogP contribution in [0, 0.1) is 5.41 Å². The zero-order valence-corrected chi connectivity index (χ0v) is 16.2. The van der Waals surface area contributed by atoms with Crippen LogP contribution in [-0.4, -0.2) is 22.4 Å². The summed E-state index contributed by atoms with van der Waals surface area (Å²) < 4.78 is 5.83. The van der Waals surface area contributed by atoms with Gasteiger partial charge in [-0.3, -0.25) is 5.32 Å². The van der Waals surface area contributed by atoms with E-state index in [1.807, 2.05) is 30.3 Å². The summed E-state index contributed by atoms with van der Waals surface area (Å²) in [4.78, 5) is 16.5. The van der Waals surface area contributed by atoms with Gasteiger partial charge in [0, 0.05) is 11.4 Å². The molecule has 1 aromatic heterocycles. The van der Waals surface area contributed by atoms with E-state index in [1.165, 1.54) is 0 Å². The number of hydrogen-bond acceptors (Lipinski definition) is 5. The summed E-state index contributed by atoms with van der Waals surface area (Å²) in [6.45, 7) is 7.02. The number of benzene rings is 1. The Kier molecular flexibility index (Phi) is 5.79. The van der Waals surface area contributed by atoms with Gasteiger partial charge < -0.3 is 15.5 Å². The molecule has 7 heteroatoms. The third kappa shape index (κ3) is 5.56. The van der Waals surface area contributed by atoms with Crippen LogP contribution in [0.5, 0.6) is 0 Å². The fourth-order valence-electron chi connectivity index (χ4n) is 2.15. The van der Waals surface area contributed by atoms with Crippen molar-refractivity contribution in [1.82, 2.24) is 4.98 Å². The first-order chi connectivity index (χ1) is 11.7. The van der Waals surface area contributed by atoms with Gasteiger partial charge in [0.15, 0.2) is 0 Å². The van der Waals surface area contributed by atoms with E-state index in [0.717, 1.165) is 5.69 Å². The highest BCUT2D eigenvalue weighted by Gasteiger charge is 2.20. The second-order valence-electron chi connectivity index (χ2n) is 6.46. The van der Waals surface area contributed by atoms with Gasteiger partial charge in [-0.15, -0.1) is 0 Å². The van der Waals surface area contributed by atoms with E-state index in [9.17, 15) is 4.79 Å². The third-order valence-corrected chi connectivity index (χ3v) is 3.44. The summed E-state index contributed by atoms with van der Waals surface area (Å²) in [6, 6.07) is 11.2. The van der Waals surface area contributed by atoms with Gasteiger partial charge in [-0.2, -0.15) is 0 Å². The van der Waals surface area contributed by atoms with Crippen molar-refractivity contribution in [3.05, 3.63) is 46.6 Å². The lowest BCUT2D eigenvalue weighted by Gasteiger charge is -2.21. The molecule has 1 aromatic carbocycles. The zero-order valence-electron chi connectivity index (χ0n) is 14.6. The van der Waals surface area contributed by atoms with E-state index < -0.39 is 11.7 Å². The van der Waals surface area contributed by atoms with Crippen LogP contribution in [-0.2, 0) is 4.74 Å². The molecule has 0 bridgehead atoms. The van der Waals surface area contributed by atoms with Gasteiger partial charge in [-0.05, 0) is 61.8 Å². The lowest BCUT2D eigenvalue weighted by atomic mass is 10.1. The number of carbonyl (C=O) groups excluding carboxylic acids is 1. The number of carbonyl (C=O) groups is 1. The molecule has 0 saturated carbocycles. The Bertz CT molecular complexity index is 786. The summed E-state index contributed by atoms with van der Waals surface area (Å²) in [5.74, 6) is 0.471. The van der Waals surface area contributed by atoms with Gasteiger partial charge in [0.2, 0.25) is 0 Å². The van der Waals surface area contributed by atoms with Crippen LogP contribution in [0.15, 0.2) is 41.0 Å². The summed E-state index contributed by atoms with van der Waals surface area (Å²) >= 11 is 3.35. The quantitative estimate of drug-likeness (QED) is 0.475. The van der Waals surface area contributed by atoms with Crippen LogP contribution < -0.4 is 10.6 Å². The number of anilines is 3. The number of rotatable bonds is 4. The van der Waals surface area contributed by atoms with E-state index in [4.69, 9.17) is 10.1 Å². The second kappa shape index (κ2) is 7.65. The fraction of sp³-hybridized carbons (Fsp3) is 0.278. The molecule has 0 radical (unpaired) electrons. The Morgan fingerprint density at radius 2 is 1.88 bits per heavy atom. The molecule has 1 heterocycles. The molecule has 3 N–H and O–H groups in total. The molecule has 6 nitrogen and oxygen atoms in total. The first kappa shape index (κ1) is 18.9. The molecule has 132 valence electrons. The van der Waals surface area contributed by atoms with Gasteiger partial charge in [0.1, 0.15) is 16.0 Å². The van der Waals surface area contributed by atoms with Crippen LogP contribution in [0.4, 0.5) is 22.0 Å². The van der Waals surface area contributed by atoms with Crippen LogP contribution in [0.1, 0.15) is 33.3 Å². The fourth-order valence-corrected chi connectivity index (χ4v) is 2.56. The average molecular weight is 405 g/mol. The molecule has 0 fully saturated rings. The minimum absolute atomic E-state index is 0.268. The zero-order chi connectivity index (χ0) is 18.6. The average Bonchev–Trinajstić information content (AvgIpc) is 2.45. The van der Waals surface area contributed by atoms with Crippen molar-refractivity contribution >= 4 is 44.9 Å². The molecule has 0 spiro atoms. The highest BCUT2D eigenvalue weighted by molar-refractivity contribution is 9.10. The largest absolute Gasteiger partial charge is 0.444 e. The van der Waals surface area contributed by atoms with Crippen molar-refractivity contribution in [3.8, 4) is 0 Å². The number of aromatic nitrogens is 1. The molecule has 2 aromatic rings. The lowest BCUT2D eigenvalue weighted by molar-refractivity contribution is 0.0636. The lowest BCUT2D eigenvalue weighted by Crippen LogP contribution is -2.28. The van der Waals surface area contributed by atoms with Gasteiger partial charge in [0.05, 0.1) is 11.3 Å². The van der Waals surface area contributed by atoms with E-state index in [1.54, 1.807) is 33.8 Å². The molecule has 0 atom stereocenters. The molecule has 25 heavy (non-hydrogen) atoms. The SMILES string of the molecule is CC(=N)c1c(NC(=O)OC(C)(C)C)cc(Br)nc1Nc1ccccc1. The van der Waals surface area contributed by atoms with Crippen molar-refractivity contribution in [1.29, 1.82) is 5.41 Å². The van der Waals surface area contributed by atoms with Crippen molar-refractivity contribution in [2.75, 3.05) is 10.6 Å². The number of ether oxygens (including phenoxy) is 1. The smallest absolute Gasteiger partial charge is 0.412 e. The standard InChI is InChI=1S/C18H21BrN4O2/c1-11(20)15-13(22-17(24)25-18(2,3)4)10-14(19)23-16(15)21-12-8-6-5-7-9-12/h5-10,20H,1-4H3,(H2,21,22,23,24). The van der Waals surface area contributed by atoms with Gasteiger partial charge in [-0.1, -0.05) is 18.2 Å². The first-order valence-electron chi connectivity index (χ1n) is 7.74. The number of para-hydroxylation sites is 1. The first-order valence-corrected chi connectivity index (χ1v) is 8.53. The molecule has 2 rings (SSSR count). The monoisotopic (exact) mass is 404 g/mol. The highest BCUT2D eigenvalue weighted by Crippen LogP contribution is 2.29. The van der Waals surface area contributed by atoms with E-state index in [2.05, 4.69) is 31.5 Å². The minimum atomic E-state index is -0.612. The molecule has 0 aliphatic heterocycles. The molecular formula is C18H21BrN4O2. The number of hydrogen-bond donors (Lipinski definition) is 3. The number of halogens is 1. The van der Waals surface area contributed by atoms with Crippen molar-refractivity contribution in [2.24, 2.45) is 0 Å². The maximum absolute atomic E-state index is 12.1. The predicted octanol–water partition coefficient (Wildman–Crippen LogP) is 5.32. The van der Waals surface area contributed by atoms with E-state index in [-0.39, 0.29) is 5.71 Å². The number of pyridine rings is 1. The maximum Gasteiger partial charge on any atom is 0.412 e. The van der Waals surface area contributed by atoms with E-state index in [0.29, 0.717) is 21.7 Å². The minimum Gasteiger partial charge on any atom is -0.444 e. The Balaban J connectivity index is 2.39. The highest BCUT2D eigenvalue weighted by atomic mass is 79.9. The van der Waals surface area contributed by atoms with Crippen molar-refractivity contribution < 1.29 is 9.53 Å². The topological polar surface area (TPSA) is 87.1 Å². The Labute approximate surface area is 155 Å².